The van der Waals surface area contributed by atoms with Crippen LogP contribution in [0, 0.1) is 21.3 Å². The molecule has 0 radical (unpaired) electrons. The van der Waals surface area contributed by atoms with Crippen LogP contribution >= 0.6 is 23.2 Å². The Hall–Kier alpha value is -3.97. The van der Waals surface area contributed by atoms with Gasteiger partial charge in [-0.15, -0.1) is 0 Å². The molecular weight excluding hydrogens is 640 g/mol. The van der Waals surface area contributed by atoms with Gasteiger partial charge in [-0.1, -0.05) is 44.0 Å². The van der Waals surface area contributed by atoms with Gasteiger partial charge in [-0.05, 0) is 66.3 Å². The molecule has 0 amide bonds. The maximum Gasteiger partial charge on any atom is 0.514 e. The second-order valence-corrected chi connectivity index (χ2v) is 13.0. The highest BCUT2D eigenvalue weighted by Crippen LogP contribution is 2.30. The molecule has 1 unspecified atom stereocenters. The van der Waals surface area contributed by atoms with E-state index in [0.717, 1.165) is 29.7 Å². The highest BCUT2D eigenvalue weighted by atomic mass is 35.5. The van der Waals surface area contributed by atoms with E-state index in [-0.39, 0.29) is 35.3 Å². The maximum absolute atomic E-state index is 12.9. The minimum Gasteiger partial charge on any atom is -0.429 e. The Balaban J connectivity index is 0.000000266. The number of imidazole rings is 1. The molecule has 0 bridgehead atoms. The lowest BCUT2D eigenvalue weighted by molar-refractivity contribution is -0.384. The second-order valence-electron chi connectivity index (χ2n) is 12.2. The molecule has 2 atom stereocenters. The fourth-order valence-electron chi connectivity index (χ4n) is 5.11. The van der Waals surface area contributed by atoms with Crippen LogP contribution in [0.2, 0.25) is 10.0 Å². The molecule has 46 heavy (non-hydrogen) atoms. The van der Waals surface area contributed by atoms with Crippen LogP contribution in [0.3, 0.4) is 0 Å². The number of nitrogens with zero attached hydrogens (tertiary/aromatic N) is 4. The number of aliphatic hydroxyl groups is 1. The van der Waals surface area contributed by atoms with Gasteiger partial charge in [0, 0.05) is 37.0 Å². The van der Waals surface area contributed by atoms with Gasteiger partial charge in [0.2, 0.25) is 0 Å². The monoisotopic (exact) mass is 675 g/mol. The Morgan fingerprint density at radius 1 is 1.13 bits per heavy atom. The van der Waals surface area contributed by atoms with Crippen LogP contribution in [0.25, 0.3) is 11.0 Å². The van der Waals surface area contributed by atoms with Crippen LogP contribution in [0.15, 0.2) is 60.9 Å². The van der Waals surface area contributed by atoms with E-state index in [1.165, 1.54) is 30.3 Å². The lowest BCUT2D eigenvalue weighted by Crippen LogP contribution is -2.39. The zero-order valence-corrected chi connectivity index (χ0v) is 27.2. The Morgan fingerprint density at radius 2 is 1.83 bits per heavy atom. The van der Waals surface area contributed by atoms with Crippen molar-refractivity contribution in [3.63, 3.8) is 0 Å². The quantitative estimate of drug-likeness (QED) is 0.0848. The third-order valence-electron chi connectivity index (χ3n) is 7.14. The number of carbonyl (C=O) groups is 1. The van der Waals surface area contributed by atoms with Crippen molar-refractivity contribution in [2.24, 2.45) is 11.1 Å². The molecule has 14 heteroatoms. The van der Waals surface area contributed by atoms with Crippen LogP contribution in [-0.4, -0.2) is 57.6 Å². The number of hydrogen-bond donors (Lipinski definition) is 2. The van der Waals surface area contributed by atoms with E-state index in [0.29, 0.717) is 35.1 Å². The molecule has 246 valence electrons. The van der Waals surface area contributed by atoms with E-state index in [1.807, 2.05) is 25.3 Å². The summed E-state index contributed by atoms with van der Waals surface area (Å²) in [7, 11) is 0. The van der Waals surface area contributed by atoms with Gasteiger partial charge in [-0.2, -0.15) is 0 Å². The zero-order chi connectivity index (χ0) is 33.6. The van der Waals surface area contributed by atoms with Gasteiger partial charge >= 0.3 is 6.16 Å². The zero-order valence-electron chi connectivity index (χ0n) is 25.7. The fraction of sp³-hybridized carbons (Fsp3) is 0.375. The first-order valence-corrected chi connectivity index (χ1v) is 15.3. The number of halogens is 3. The summed E-state index contributed by atoms with van der Waals surface area (Å²) in [6, 6.07) is 13.2. The molecule has 3 aromatic carbocycles. The first-order chi connectivity index (χ1) is 21.7. The molecule has 3 N–H and O–H groups in total. The van der Waals surface area contributed by atoms with Crippen LogP contribution in [0.1, 0.15) is 32.8 Å². The number of rotatable bonds is 9. The second kappa shape index (κ2) is 15.1. The predicted molar refractivity (Wildman–Crippen MR) is 175 cm³/mol. The number of carbonyl (C=O) groups excluding carboxylic acids is 1. The number of anilines is 1. The first-order valence-electron chi connectivity index (χ1n) is 14.5. The van der Waals surface area contributed by atoms with Gasteiger partial charge < -0.3 is 29.8 Å². The van der Waals surface area contributed by atoms with Gasteiger partial charge in [0.25, 0.3) is 5.69 Å². The van der Waals surface area contributed by atoms with Crippen molar-refractivity contribution in [3.05, 3.63) is 92.5 Å². The molecule has 0 aliphatic carbocycles. The summed E-state index contributed by atoms with van der Waals surface area (Å²) in [6.45, 7) is 7.89. The standard InChI is InChI=1S/C21H21Cl2N3O5.C11H15FN2O/c1-21(2,3)10-15(11-25-12-24-18-8-16(22)17(23)9-19(18)25)31-20(27)30-14-6-4-13(5-7-14)26(28)29;12-9-1-2-11-8(5-9)3-4-14(11)6-10(13)7-15/h4-9,12,15H,10-11H2,1-3H3;1-2,5,10,15H,3-4,6-7,13H2/t;10-/m.1/s1. The fourth-order valence-corrected chi connectivity index (χ4v) is 5.42. The van der Waals surface area contributed by atoms with Crippen molar-refractivity contribution >= 4 is 51.8 Å². The molecular formula is C32H36Cl2FN5O6. The van der Waals surface area contributed by atoms with Crippen molar-refractivity contribution in [1.29, 1.82) is 0 Å². The van der Waals surface area contributed by atoms with Gasteiger partial charge in [-0.25, -0.2) is 14.2 Å². The first kappa shape index (κ1) is 34.9. The number of aromatic nitrogens is 2. The average molecular weight is 677 g/mol. The smallest absolute Gasteiger partial charge is 0.429 e. The number of hydrogen-bond acceptors (Lipinski definition) is 9. The van der Waals surface area contributed by atoms with Crippen molar-refractivity contribution in [2.75, 3.05) is 24.6 Å². The Kier molecular flexibility index (Phi) is 11.4. The van der Waals surface area contributed by atoms with Gasteiger partial charge in [-0.3, -0.25) is 10.1 Å². The Labute approximate surface area is 275 Å². The Morgan fingerprint density at radius 3 is 2.48 bits per heavy atom. The van der Waals surface area contributed by atoms with Crippen LogP contribution in [0.4, 0.5) is 20.6 Å². The molecule has 0 fully saturated rings. The summed E-state index contributed by atoms with van der Waals surface area (Å²) < 4.78 is 25.5. The SMILES string of the molecule is CC(C)(C)CC(Cn1cnc2cc(Cl)c(Cl)cc21)OC(=O)Oc1ccc([N+](=O)[O-])cc1.N[C@@H](CO)CN1CCc2cc(F)ccc21. The normalized spacial score (nSPS) is 13.9. The number of benzene rings is 3. The topological polar surface area (TPSA) is 146 Å². The van der Waals surface area contributed by atoms with E-state index in [2.05, 4.69) is 9.88 Å². The molecule has 1 aromatic heterocycles. The molecule has 1 aliphatic rings. The highest BCUT2D eigenvalue weighted by molar-refractivity contribution is 6.42. The molecule has 0 spiro atoms. The van der Waals surface area contributed by atoms with Gasteiger partial charge in [0.1, 0.15) is 17.7 Å². The summed E-state index contributed by atoms with van der Waals surface area (Å²) in [5.41, 5.74) is 8.96. The number of nitro benzene ring substituents is 1. The molecule has 0 saturated heterocycles. The molecule has 1 aliphatic heterocycles. The molecule has 2 heterocycles. The van der Waals surface area contributed by atoms with Crippen molar-refractivity contribution in [1.82, 2.24) is 9.55 Å². The summed E-state index contributed by atoms with van der Waals surface area (Å²) in [6.07, 6.45) is 1.64. The van der Waals surface area contributed by atoms with Crippen LogP contribution < -0.4 is 15.4 Å². The summed E-state index contributed by atoms with van der Waals surface area (Å²) in [5, 5.41) is 20.4. The van der Waals surface area contributed by atoms with Crippen molar-refractivity contribution < 1.29 is 28.7 Å². The number of fused-ring (bicyclic) bond motifs is 2. The molecule has 11 nitrogen and oxygen atoms in total. The predicted octanol–water partition coefficient (Wildman–Crippen LogP) is 6.78. The number of aliphatic hydroxyl groups excluding tert-OH is 1. The van der Waals surface area contributed by atoms with Crippen LogP contribution in [-0.2, 0) is 17.7 Å². The minimum absolute atomic E-state index is 0.0208. The van der Waals surface area contributed by atoms with Crippen molar-refractivity contribution in [2.45, 2.75) is 52.3 Å². The van der Waals surface area contributed by atoms with Crippen LogP contribution in [0.5, 0.6) is 5.75 Å². The molecule has 0 saturated carbocycles. The maximum atomic E-state index is 12.9. The Bertz CT molecular complexity index is 1680. The van der Waals surface area contributed by atoms with E-state index in [9.17, 15) is 19.3 Å². The lowest BCUT2D eigenvalue weighted by atomic mass is 9.89. The lowest BCUT2D eigenvalue weighted by Gasteiger charge is -2.26. The largest absolute Gasteiger partial charge is 0.514 e. The summed E-state index contributed by atoms with van der Waals surface area (Å²) >= 11 is 12.2. The van der Waals surface area contributed by atoms with E-state index in [4.69, 9.17) is 43.5 Å². The highest BCUT2D eigenvalue weighted by Gasteiger charge is 2.25. The number of non-ortho nitro benzene ring substituents is 1. The van der Waals surface area contributed by atoms with E-state index in [1.54, 1.807) is 30.6 Å². The van der Waals surface area contributed by atoms with Gasteiger partial charge in [0.05, 0.1) is 45.5 Å². The van der Waals surface area contributed by atoms with Crippen molar-refractivity contribution in [3.8, 4) is 5.75 Å². The number of nitrogens with two attached hydrogens (primary N) is 1. The van der Waals surface area contributed by atoms with E-state index < -0.39 is 17.2 Å². The molecule has 4 aromatic rings. The number of ether oxygens (including phenoxy) is 2. The number of nitro groups is 1. The summed E-state index contributed by atoms with van der Waals surface area (Å²) in [5.74, 6) is -0.0401. The summed E-state index contributed by atoms with van der Waals surface area (Å²) in [4.78, 5) is 29.0. The third kappa shape index (κ3) is 9.52. The third-order valence-corrected chi connectivity index (χ3v) is 7.86. The average Bonchev–Trinajstić information content (AvgIpc) is 3.55. The van der Waals surface area contributed by atoms with E-state index >= 15 is 0 Å². The minimum atomic E-state index is -0.895. The molecule has 5 rings (SSSR count). The van der Waals surface area contributed by atoms with Gasteiger partial charge in [0.15, 0.2) is 0 Å².